The van der Waals surface area contributed by atoms with Crippen molar-refractivity contribution in [3.05, 3.63) is 42.1 Å². The molecule has 0 aromatic carbocycles. The highest BCUT2D eigenvalue weighted by atomic mass is 32.2. The summed E-state index contributed by atoms with van der Waals surface area (Å²) in [7, 11) is -4.20. The average Bonchev–Trinajstić information content (AvgIpc) is 2.92. The smallest absolute Gasteiger partial charge is 0.393 e. The zero-order valence-electron chi connectivity index (χ0n) is 22.4. The van der Waals surface area contributed by atoms with Gasteiger partial charge >= 0.3 is 12.4 Å². The number of hydrogen-bond acceptors (Lipinski definition) is 11. The van der Waals surface area contributed by atoms with E-state index in [-0.39, 0.29) is 80.4 Å². The van der Waals surface area contributed by atoms with Crippen LogP contribution in [0.3, 0.4) is 0 Å². The summed E-state index contributed by atoms with van der Waals surface area (Å²) in [5, 5.41) is 23.3. The summed E-state index contributed by atoms with van der Waals surface area (Å²) in [4.78, 5) is 13.3. The third kappa shape index (κ3) is 5.67. The van der Waals surface area contributed by atoms with Crippen molar-refractivity contribution in [1.29, 1.82) is 0 Å². The van der Waals surface area contributed by atoms with Gasteiger partial charge in [-0.2, -0.15) is 30.6 Å². The fourth-order valence-electron chi connectivity index (χ4n) is 5.86. The predicted molar refractivity (Wildman–Crippen MR) is 135 cm³/mol. The number of aliphatic hydroxyl groups is 2. The molecule has 0 saturated carbocycles. The van der Waals surface area contributed by atoms with E-state index in [4.69, 9.17) is 10.5 Å². The Bertz CT molecular complexity index is 1390. The van der Waals surface area contributed by atoms with Crippen LogP contribution in [-0.2, 0) is 25.9 Å². The van der Waals surface area contributed by atoms with E-state index >= 15 is 0 Å². The number of nitrogens with one attached hydrogen (secondary N) is 1. The van der Waals surface area contributed by atoms with Gasteiger partial charge in [-0.15, -0.1) is 0 Å². The number of ether oxygens (including phenoxy) is 1. The monoisotopic (exact) mass is 641 g/mol. The molecule has 0 spiro atoms. The molecular weight excluding hydrogens is 612 g/mol. The molecule has 12 nitrogen and oxygen atoms in total. The van der Waals surface area contributed by atoms with Crippen LogP contribution in [0.5, 0.6) is 0 Å². The molecule has 3 aliphatic rings. The van der Waals surface area contributed by atoms with Crippen LogP contribution in [-0.4, -0.2) is 113 Å². The Balaban J connectivity index is 1.56. The van der Waals surface area contributed by atoms with Crippen molar-refractivity contribution >= 4 is 15.8 Å². The zero-order chi connectivity index (χ0) is 31.4. The molecule has 43 heavy (non-hydrogen) atoms. The van der Waals surface area contributed by atoms with Gasteiger partial charge in [0.25, 0.3) is 5.60 Å². The SMILES string of the molecule is Nc1ccc(S(=O)(=O)N2CCN[C@](CN3C4COCC3CC(O)C4)(c3ncc(C(O)(C(F)(F)F)C(F)(F)F)cn3)C2)cn1. The number of aliphatic hydroxyl groups excluding tert-OH is 1. The van der Waals surface area contributed by atoms with E-state index in [9.17, 15) is 45.0 Å². The number of anilines is 1. The van der Waals surface area contributed by atoms with Gasteiger partial charge in [-0.05, 0) is 25.0 Å². The zero-order valence-corrected chi connectivity index (χ0v) is 23.2. The van der Waals surface area contributed by atoms with Crippen LogP contribution in [0.15, 0.2) is 35.6 Å². The van der Waals surface area contributed by atoms with E-state index < -0.39 is 45.2 Å². The number of nitrogens with two attached hydrogens (primary N) is 1. The first-order chi connectivity index (χ1) is 20.0. The highest BCUT2D eigenvalue weighted by molar-refractivity contribution is 7.89. The fraction of sp³-hybridized carbons (Fsp3) is 0.625. The first-order valence-corrected chi connectivity index (χ1v) is 14.6. The van der Waals surface area contributed by atoms with Crippen LogP contribution >= 0.6 is 0 Å². The van der Waals surface area contributed by atoms with Crippen LogP contribution in [0, 0.1) is 0 Å². The molecule has 3 fully saturated rings. The van der Waals surface area contributed by atoms with Gasteiger partial charge in [-0.1, -0.05) is 0 Å². The van der Waals surface area contributed by atoms with Gasteiger partial charge in [-0.25, -0.2) is 23.4 Å². The van der Waals surface area contributed by atoms with Crippen LogP contribution < -0.4 is 11.1 Å². The molecule has 0 aliphatic carbocycles. The summed E-state index contributed by atoms with van der Waals surface area (Å²) in [6.07, 6.45) is -10.7. The number of piperidine rings is 1. The Morgan fingerprint density at radius 1 is 1.02 bits per heavy atom. The number of sulfonamides is 1. The minimum absolute atomic E-state index is 0.0179. The number of morpholine rings is 1. The molecule has 2 aromatic rings. The number of nitrogens with zero attached hydrogens (tertiary/aromatic N) is 5. The third-order valence-electron chi connectivity index (χ3n) is 8.09. The lowest BCUT2D eigenvalue weighted by Crippen LogP contribution is -2.68. The molecule has 5 heterocycles. The van der Waals surface area contributed by atoms with Crippen LogP contribution in [0.4, 0.5) is 32.2 Å². The fourth-order valence-corrected chi connectivity index (χ4v) is 7.31. The molecule has 5 N–H and O–H groups in total. The summed E-state index contributed by atoms with van der Waals surface area (Å²) in [6, 6.07) is 1.94. The van der Waals surface area contributed by atoms with Crippen LogP contribution in [0.25, 0.3) is 0 Å². The summed E-state index contributed by atoms with van der Waals surface area (Å²) in [6.45, 7) is 0.0838. The number of halogens is 6. The minimum Gasteiger partial charge on any atom is -0.393 e. The number of alkyl halides is 6. The van der Waals surface area contributed by atoms with Gasteiger partial charge in [-0.3, -0.25) is 4.90 Å². The molecule has 19 heteroatoms. The van der Waals surface area contributed by atoms with Crippen LogP contribution in [0.1, 0.15) is 24.2 Å². The molecule has 238 valence electrons. The van der Waals surface area contributed by atoms with Crippen LogP contribution in [0.2, 0.25) is 0 Å². The van der Waals surface area contributed by atoms with Gasteiger partial charge in [0.1, 0.15) is 16.3 Å². The Morgan fingerprint density at radius 2 is 1.63 bits per heavy atom. The molecule has 2 unspecified atom stereocenters. The normalized spacial score (nSPS) is 28.1. The number of piperazine rings is 1. The molecule has 2 bridgehead atoms. The Morgan fingerprint density at radius 3 is 2.16 bits per heavy atom. The lowest BCUT2D eigenvalue weighted by molar-refractivity contribution is -0.376. The summed E-state index contributed by atoms with van der Waals surface area (Å²) in [5.74, 6) is -0.204. The van der Waals surface area contributed by atoms with Crippen molar-refractivity contribution in [2.75, 3.05) is 45.1 Å². The van der Waals surface area contributed by atoms with Crippen molar-refractivity contribution in [2.24, 2.45) is 0 Å². The van der Waals surface area contributed by atoms with Gasteiger partial charge < -0.3 is 26.0 Å². The van der Waals surface area contributed by atoms with Gasteiger partial charge in [0.2, 0.25) is 10.0 Å². The molecule has 0 radical (unpaired) electrons. The summed E-state index contributed by atoms with van der Waals surface area (Å²) < 4.78 is 115. The molecular formula is C24H29F6N7O5S. The summed E-state index contributed by atoms with van der Waals surface area (Å²) in [5.41, 5.74) is -2.83. The quantitative estimate of drug-likeness (QED) is 0.324. The highest BCUT2D eigenvalue weighted by Crippen LogP contribution is 2.49. The molecule has 5 rings (SSSR count). The number of hydrogen-bond donors (Lipinski definition) is 4. The maximum Gasteiger partial charge on any atom is 0.430 e. The molecule has 2 aromatic heterocycles. The lowest BCUT2D eigenvalue weighted by atomic mass is 9.87. The topological polar surface area (TPSA) is 167 Å². The maximum absolute atomic E-state index is 13.6. The van der Waals surface area contributed by atoms with Crippen molar-refractivity contribution in [1.82, 2.24) is 29.5 Å². The molecule has 3 aliphatic heterocycles. The summed E-state index contributed by atoms with van der Waals surface area (Å²) >= 11 is 0. The van der Waals surface area contributed by atoms with Crippen molar-refractivity contribution in [3.63, 3.8) is 0 Å². The van der Waals surface area contributed by atoms with E-state index in [0.717, 1.165) is 10.5 Å². The highest BCUT2D eigenvalue weighted by Gasteiger charge is 2.72. The second-order valence-corrected chi connectivity index (χ2v) is 12.8. The van der Waals surface area contributed by atoms with Gasteiger partial charge in [0, 0.05) is 62.4 Å². The Hall–Kier alpha value is -2.68. The predicted octanol–water partition coefficient (Wildman–Crippen LogP) is 0.480. The third-order valence-corrected chi connectivity index (χ3v) is 9.91. The standard InChI is InChI=1S/C24H29F6N7O5S/c25-23(26,27)22(39,24(28,29)30)14-7-33-20(34-8-14)21(13-37-15-5-17(38)6-16(37)11-42-10-15)12-36(4-3-35-21)43(40,41)18-1-2-19(31)32-9-18/h1-2,7-9,15-17,35,38-39H,3-6,10-13H2,(H2,31,32)/t15?,16?,17?,21-/m1/s1. The Labute approximate surface area is 241 Å². The number of rotatable bonds is 6. The average molecular weight is 642 g/mol. The number of pyridine rings is 1. The van der Waals surface area contributed by atoms with Gasteiger partial charge in [0.05, 0.1) is 19.3 Å². The van der Waals surface area contributed by atoms with E-state index in [0.29, 0.717) is 12.8 Å². The Kier molecular flexibility index (Phi) is 8.15. The maximum atomic E-state index is 13.6. The number of nitrogen functional groups attached to an aromatic ring is 1. The van der Waals surface area contributed by atoms with Crippen molar-refractivity contribution < 1.29 is 49.7 Å². The van der Waals surface area contributed by atoms with E-state index in [2.05, 4.69) is 20.3 Å². The largest absolute Gasteiger partial charge is 0.430 e. The molecule has 0 amide bonds. The second kappa shape index (κ2) is 11.0. The molecule has 3 saturated heterocycles. The number of fused-ring (bicyclic) bond motifs is 2. The second-order valence-electron chi connectivity index (χ2n) is 10.9. The van der Waals surface area contributed by atoms with E-state index in [1.807, 2.05) is 4.90 Å². The lowest BCUT2D eigenvalue weighted by Gasteiger charge is -2.52. The first kappa shape index (κ1) is 31.7. The van der Waals surface area contributed by atoms with Crippen molar-refractivity contribution in [2.45, 2.75) is 59.4 Å². The number of aromatic nitrogens is 3. The van der Waals surface area contributed by atoms with E-state index in [1.165, 1.54) is 12.1 Å². The molecule has 3 atom stereocenters. The first-order valence-electron chi connectivity index (χ1n) is 13.1. The van der Waals surface area contributed by atoms with Crippen molar-refractivity contribution in [3.8, 4) is 0 Å². The van der Waals surface area contributed by atoms with Gasteiger partial charge in [0.15, 0.2) is 5.82 Å². The minimum atomic E-state index is -6.14. The van der Waals surface area contributed by atoms with E-state index in [1.54, 1.807) is 0 Å².